The minimum absolute atomic E-state index is 0. The van der Waals surface area contributed by atoms with Crippen molar-refractivity contribution in [2.24, 2.45) is 0 Å². The molecule has 0 amide bonds. The van der Waals surface area contributed by atoms with Crippen LogP contribution in [0.3, 0.4) is 0 Å². The predicted octanol–water partition coefficient (Wildman–Crippen LogP) is -0.769. The summed E-state index contributed by atoms with van der Waals surface area (Å²) in [7, 11) is 0. The molecular formula is AlCrNbSiTi. The molecular weight excluding hydrogens is 248 g/mol. The molecule has 0 aliphatic heterocycles. The zero-order valence-corrected chi connectivity index (χ0v) is 9.62. The molecule has 22 valence electrons. The van der Waals surface area contributed by atoms with Gasteiger partial charge in [-0.05, 0) is 0 Å². The van der Waals surface area contributed by atoms with Gasteiger partial charge in [-0.3, -0.25) is 0 Å². The Kier molecular flexibility index (Phi) is 278. The maximum absolute atomic E-state index is 0. The van der Waals surface area contributed by atoms with Gasteiger partial charge in [0.15, 0.2) is 0 Å². The van der Waals surface area contributed by atoms with Gasteiger partial charge in [-0.2, -0.15) is 0 Å². The second kappa shape index (κ2) is 29.6. The predicted molar refractivity (Wildman–Crippen MR) is 11.5 cm³/mol. The molecule has 0 spiro atoms. The van der Waals surface area contributed by atoms with Gasteiger partial charge in [0.05, 0.1) is 0 Å². The van der Waals surface area contributed by atoms with Gasteiger partial charge in [0, 0.05) is 89.8 Å². The van der Waals surface area contributed by atoms with Crippen LogP contribution in [0.2, 0.25) is 0 Å². The normalized spacial score (nSPS) is 0. The molecule has 0 saturated heterocycles. The molecule has 0 heterocycles. The summed E-state index contributed by atoms with van der Waals surface area (Å²) in [6, 6.07) is 0. The molecule has 0 aliphatic carbocycles. The zero-order valence-electron chi connectivity index (χ0n) is 2.43. The molecule has 0 unspecified atom stereocenters. The Labute approximate surface area is 88.5 Å². The molecule has 0 rings (SSSR count). The molecule has 8 radical (unpaired) electrons. The summed E-state index contributed by atoms with van der Waals surface area (Å²) in [6.45, 7) is 0. The van der Waals surface area contributed by atoms with Crippen molar-refractivity contribution in [3.63, 3.8) is 0 Å². The van der Waals surface area contributed by atoms with Crippen LogP contribution >= 0.6 is 0 Å². The van der Waals surface area contributed by atoms with E-state index < -0.39 is 0 Å². The maximum atomic E-state index is 0. The van der Waals surface area contributed by atoms with Crippen molar-refractivity contribution in [2.75, 3.05) is 0 Å². The standard InChI is InChI=1S/Al.Cr.Nb.Si.Ti. The van der Waals surface area contributed by atoms with Crippen molar-refractivity contribution in [3.8, 4) is 0 Å². The largest absolute Gasteiger partial charge is 0 e. The van der Waals surface area contributed by atoms with Gasteiger partial charge in [0.25, 0.3) is 0 Å². The molecule has 0 fully saturated rings. The summed E-state index contributed by atoms with van der Waals surface area (Å²) in [5.41, 5.74) is 0. The van der Waals surface area contributed by atoms with Crippen LogP contribution < -0.4 is 0 Å². The van der Waals surface area contributed by atoms with E-state index in [9.17, 15) is 0 Å². The molecule has 0 aliphatic rings. The maximum Gasteiger partial charge on any atom is 0 e. The Morgan fingerprint density at radius 1 is 1.00 bits per heavy atom. The molecule has 0 aromatic rings. The van der Waals surface area contributed by atoms with Crippen molar-refractivity contribution in [2.45, 2.75) is 0 Å². The molecule has 0 atom stereocenters. The average molecular weight is 248 g/mol. The third-order valence-electron chi connectivity index (χ3n) is 0. The van der Waals surface area contributed by atoms with Crippen molar-refractivity contribution >= 4 is 28.3 Å². The van der Waals surface area contributed by atoms with Crippen LogP contribution in [0.5, 0.6) is 0 Å². The van der Waals surface area contributed by atoms with Crippen molar-refractivity contribution in [1.82, 2.24) is 0 Å². The first-order chi connectivity index (χ1) is 0. The Bertz CT molecular complexity index is 11.6. The summed E-state index contributed by atoms with van der Waals surface area (Å²) in [5.74, 6) is 0. The summed E-state index contributed by atoms with van der Waals surface area (Å²) >= 11 is 0. The van der Waals surface area contributed by atoms with Gasteiger partial charge < -0.3 is 0 Å². The van der Waals surface area contributed by atoms with E-state index in [4.69, 9.17) is 0 Å². The van der Waals surface area contributed by atoms with Crippen LogP contribution in [0.15, 0.2) is 0 Å². The fraction of sp³-hybridized carbons (Fsp3) is 0. The fourth-order valence-electron chi connectivity index (χ4n) is 0. The minimum Gasteiger partial charge on any atom is 0 e. The van der Waals surface area contributed by atoms with Gasteiger partial charge in [0.1, 0.15) is 0 Å². The quantitative estimate of drug-likeness (QED) is 0.494. The second-order valence-electron chi connectivity index (χ2n) is 0. The Morgan fingerprint density at radius 2 is 1.00 bits per heavy atom. The molecule has 0 aromatic heterocycles. The van der Waals surface area contributed by atoms with E-state index in [0.717, 1.165) is 0 Å². The van der Waals surface area contributed by atoms with Crippen LogP contribution in [0.25, 0.3) is 0 Å². The van der Waals surface area contributed by atoms with Crippen LogP contribution in [0.1, 0.15) is 0 Å². The molecule has 0 aromatic carbocycles. The molecule has 5 heavy (non-hydrogen) atoms. The first-order valence-corrected chi connectivity index (χ1v) is 0. The first kappa shape index (κ1) is 46.9. The minimum atomic E-state index is 0. The number of rotatable bonds is 0. The van der Waals surface area contributed by atoms with Crippen molar-refractivity contribution in [1.29, 1.82) is 0 Å². The third kappa shape index (κ3) is 20.2. The van der Waals surface area contributed by atoms with Gasteiger partial charge in [-0.1, -0.05) is 0 Å². The molecule has 0 nitrogen and oxygen atoms in total. The Balaban J connectivity index is 0. The van der Waals surface area contributed by atoms with Gasteiger partial charge >= 0.3 is 0 Å². The van der Waals surface area contributed by atoms with E-state index in [0.29, 0.717) is 0 Å². The second-order valence-corrected chi connectivity index (χ2v) is 0. The van der Waals surface area contributed by atoms with Gasteiger partial charge in [-0.15, -0.1) is 0 Å². The van der Waals surface area contributed by atoms with Crippen LogP contribution in [-0.4, -0.2) is 28.3 Å². The van der Waals surface area contributed by atoms with Gasteiger partial charge in [-0.25, -0.2) is 0 Å². The van der Waals surface area contributed by atoms with Gasteiger partial charge in [0.2, 0.25) is 0 Å². The third-order valence-corrected chi connectivity index (χ3v) is 0. The van der Waals surface area contributed by atoms with Crippen molar-refractivity contribution < 1.29 is 61.5 Å². The van der Waals surface area contributed by atoms with E-state index in [1.54, 1.807) is 0 Å². The monoisotopic (exact) mass is 248 g/mol. The molecule has 0 N–H and O–H groups in total. The first-order valence-electron chi connectivity index (χ1n) is 0. The Hall–Kier alpha value is 2.74. The van der Waals surface area contributed by atoms with E-state index in [2.05, 4.69) is 0 Å². The SMILES string of the molecule is [Al].[Cr].[Nb].[Si].[Ti]. The summed E-state index contributed by atoms with van der Waals surface area (Å²) in [5, 5.41) is 0. The van der Waals surface area contributed by atoms with E-state index in [1.165, 1.54) is 0 Å². The zero-order chi connectivity index (χ0) is 0. The fourth-order valence-corrected chi connectivity index (χ4v) is 0. The van der Waals surface area contributed by atoms with Crippen LogP contribution in [-0.2, 0) is 61.5 Å². The average Bonchev–Trinajstić information content (AvgIpc) is 0. The topological polar surface area (TPSA) is 0 Å². The summed E-state index contributed by atoms with van der Waals surface area (Å²) in [6.07, 6.45) is 0. The smallest absolute Gasteiger partial charge is 0 e. The molecule has 5 heteroatoms. The van der Waals surface area contributed by atoms with E-state index in [1.807, 2.05) is 0 Å². The van der Waals surface area contributed by atoms with E-state index >= 15 is 0 Å². The summed E-state index contributed by atoms with van der Waals surface area (Å²) in [4.78, 5) is 0. The molecule has 0 saturated carbocycles. The Morgan fingerprint density at radius 3 is 1.00 bits per heavy atom. The number of hydrogen-bond donors (Lipinski definition) is 0. The van der Waals surface area contributed by atoms with Crippen LogP contribution in [0.4, 0.5) is 0 Å². The van der Waals surface area contributed by atoms with Crippen molar-refractivity contribution in [3.05, 3.63) is 0 Å². The summed E-state index contributed by atoms with van der Waals surface area (Å²) < 4.78 is 0. The molecule has 0 bridgehead atoms. The number of hydrogen-bond acceptors (Lipinski definition) is 0. The van der Waals surface area contributed by atoms with E-state index in [-0.39, 0.29) is 89.8 Å². The van der Waals surface area contributed by atoms with Crippen LogP contribution in [0, 0.1) is 0 Å².